The Hall–Kier alpha value is -3.86. The Balaban J connectivity index is 1.46. The number of nitrogens with one attached hydrogen (secondary N) is 1. The molecule has 2 aromatic carbocycles. The van der Waals surface area contributed by atoms with Crippen molar-refractivity contribution in [2.45, 2.75) is 37.4 Å². The molecule has 0 saturated heterocycles. The number of aromatic nitrogens is 2. The molecule has 0 bridgehead atoms. The molecule has 7 N–H and O–H groups in total. The molecule has 3 atom stereocenters. The molecule has 1 heterocycles. The van der Waals surface area contributed by atoms with Gasteiger partial charge in [0.15, 0.2) is 0 Å². The minimum absolute atomic E-state index is 0.115. The van der Waals surface area contributed by atoms with Crippen molar-refractivity contribution in [1.29, 1.82) is 0 Å². The second-order valence-electron chi connectivity index (χ2n) is 7.80. The molecule has 0 amide bonds. The van der Waals surface area contributed by atoms with Crippen LogP contribution < -0.4 is 21.9 Å². The number of aromatic amines is 1. The van der Waals surface area contributed by atoms with Crippen LogP contribution in [0.5, 0.6) is 5.75 Å². The van der Waals surface area contributed by atoms with Gasteiger partial charge in [-0.15, -0.1) is 0 Å². The molecule has 178 valence electrons. The third kappa shape index (κ3) is 7.34. The van der Waals surface area contributed by atoms with E-state index in [4.69, 9.17) is 26.7 Å². The Kier molecular flexibility index (Phi) is 8.63. The quantitative estimate of drug-likeness (QED) is 0.187. The number of rotatable bonds is 10. The summed E-state index contributed by atoms with van der Waals surface area (Å²) in [5, 5.41) is 0. The van der Waals surface area contributed by atoms with Crippen LogP contribution in [0.25, 0.3) is 0 Å². The van der Waals surface area contributed by atoms with Gasteiger partial charge >= 0.3 is 17.9 Å². The van der Waals surface area contributed by atoms with Crippen LogP contribution in [0.1, 0.15) is 16.8 Å². The zero-order chi connectivity index (χ0) is 24.5. The smallest absolute Gasteiger partial charge is 0.330 e. The second kappa shape index (κ2) is 11.8. The largest absolute Gasteiger partial charge is 0.425 e. The molecule has 0 unspecified atom stereocenters. The van der Waals surface area contributed by atoms with Crippen molar-refractivity contribution in [3.05, 3.63) is 83.9 Å². The van der Waals surface area contributed by atoms with Crippen molar-refractivity contribution in [2.24, 2.45) is 17.2 Å². The number of H-pyrrole nitrogens is 1. The van der Waals surface area contributed by atoms with Gasteiger partial charge in [0.05, 0.1) is 6.33 Å². The third-order valence-corrected chi connectivity index (χ3v) is 5.00. The van der Waals surface area contributed by atoms with Gasteiger partial charge in [-0.1, -0.05) is 42.5 Å². The fourth-order valence-electron chi connectivity index (χ4n) is 3.14. The van der Waals surface area contributed by atoms with Crippen LogP contribution >= 0.6 is 0 Å². The van der Waals surface area contributed by atoms with Gasteiger partial charge in [0.25, 0.3) is 0 Å². The molecule has 0 spiro atoms. The van der Waals surface area contributed by atoms with Gasteiger partial charge in [-0.3, -0.25) is 0 Å². The van der Waals surface area contributed by atoms with Gasteiger partial charge in [-0.05, 0) is 36.1 Å². The Morgan fingerprint density at radius 2 is 1.32 bits per heavy atom. The summed E-state index contributed by atoms with van der Waals surface area (Å²) in [6.45, 7) is 0. The Morgan fingerprint density at radius 1 is 0.765 bits per heavy atom. The lowest BCUT2D eigenvalue weighted by atomic mass is 10.1. The summed E-state index contributed by atoms with van der Waals surface area (Å²) in [7, 11) is 0. The van der Waals surface area contributed by atoms with E-state index in [1.807, 2.05) is 30.3 Å². The number of imidazole rings is 1. The summed E-state index contributed by atoms with van der Waals surface area (Å²) in [6.07, 6.45) is 3.61. The zero-order valence-electron chi connectivity index (χ0n) is 18.4. The Morgan fingerprint density at radius 3 is 1.91 bits per heavy atom. The minimum atomic E-state index is -1.07. The topological polar surface area (TPSA) is 176 Å². The predicted octanol–water partition coefficient (Wildman–Crippen LogP) is 0.395. The first-order valence-electron chi connectivity index (χ1n) is 10.7. The zero-order valence-corrected chi connectivity index (χ0v) is 18.4. The van der Waals surface area contributed by atoms with Crippen molar-refractivity contribution in [1.82, 2.24) is 9.97 Å². The molecule has 10 nitrogen and oxygen atoms in total. The monoisotopic (exact) mass is 465 g/mol. The van der Waals surface area contributed by atoms with Crippen LogP contribution in [0.3, 0.4) is 0 Å². The number of carbonyl (C=O) groups is 3. The maximum absolute atomic E-state index is 12.3. The molecule has 3 rings (SSSR count). The van der Waals surface area contributed by atoms with Crippen LogP contribution in [0.15, 0.2) is 67.1 Å². The minimum Gasteiger partial charge on any atom is -0.425 e. The fourth-order valence-corrected chi connectivity index (χ4v) is 3.14. The SMILES string of the molecule is N[C@@H](Cc1ccc(OC(=O)[C@@H](N)Cc2ccccc2)cc1)C(=O)OC(=O)[C@@H](N)Cc1cnc[nH]1. The molecule has 0 aliphatic heterocycles. The summed E-state index contributed by atoms with van der Waals surface area (Å²) in [5.41, 5.74) is 19.8. The van der Waals surface area contributed by atoms with E-state index in [0.717, 1.165) is 5.56 Å². The highest BCUT2D eigenvalue weighted by molar-refractivity contribution is 5.90. The standard InChI is InChI=1S/C24H27N5O5/c25-19(10-15-4-2-1-3-5-15)22(30)33-18-8-6-16(7-9-18)11-20(26)23(31)34-24(32)21(27)12-17-13-28-14-29-17/h1-9,13-14,19-21H,10-12,25-27H2,(H,28,29)/t19-,20-,21-/m0/s1. The Bertz CT molecular complexity index is 1090. The van der Waals surface area contributed by atoms with Gasteiger partial charge in [0, 0.05) is 18.3 Å². The molecule has 0 saturated carbocycles. The summed E-state index contributed by atoms with van der Waals surface area (Å²) in [6, 6.07) is 13.0. The van der Waals surface area contributed by atoms with Gasteiger partial charge in [-0.25, -0.2) is 19.4 Å². The maximum atomic E-state index is 12.3. The summed E-state index contributed by atoms with van der Waals surface area (Å²) in [5.74, 6) is -1.99. The number of nitrogens with zero attached hydrogens (tertiary/aromatic N) is 1. The summed E-state index contributed by atoms with van der Waals surface area (Å²) >= 11 is 0. The molecule has 0 fully saturated rings. The lowest BCUT2D eigenvalue weighted by molar-refractivity contribution is -0.161. The molecule has 3 aromatic rings. The Labute approximate surface area is 196 Å². The van der Waals surface area contributed by atoms with E-state index in [2.05, 4.69) is 9.97 Å². The molecule has 0 aliphatic rings. The lowest BCUT2D eigenvalue weighted by Crippen LogP contribution is -2.41. The van der Waals surface area contributed by atoms with E-state index < -0.39 is 36.0 Å². The van der Waals surface area contributed by atoms with Gasteiger partial charge in [-0.2, -0.15) is 0 Å². The van der Waals surface area contributed by atoms with Crippen LogP contribution in [0, 0.1) is 0 Å². The van der Waals surface area contributed by atoms with Crippen molar-refractivity contribution in [2.75, 3.05) is 0 Å². The first-order valence-corrected chi connectivity index (χ1v) is 10.7. The van der Waals surface area contributed by atoms with E-state index in [9.17, 15) is 14.4 Å². The third-order valence-electron chi connectivity index (χ3n) is 5.00. The fraction of sp³-hybridized carbons (Fsp3) is 0.250. The maximum Gasteiger partial charge on any atom is 0.330 e. The van der Waals surface area contributed by atoms with Crippen molar-refractivity contribution < 1.29 is 23.9 Å². The molecular formula is C24H27N5O5. The summed E-state index contributed by atoms with van der Waals surface area (Å²) < 4.78 is 10.1. The molecule has 0 radical (unpaired) electrons. The number of ether oxygens (including phenoxy) is 2. The number of benzene rings is 2. The first-order chi connectivity index (χ1) is 16.3. The van der Waals surface area contributed by atoms with Gasteiger partial charge in [0.1, 0.15) is 23.9 Å². The van der Waals surface area contributed by atoms with E-state index in [0.29, 0.717) is 23.4 Å². The van der Waals surface area contributed by atoms with Gasteiger partial charge in [0.2, 0.25) is 0 Å². The normalized spacial score (nSPS) is 13.5. The average Bonchev–Trinajstić information content (AvgIpc) is 3.33. The van der Waals surface area contributed by atoms with Crippen LogP contribution in [0.2, 0.25) is 0 Å². The summed E-state index contributed by atoms with van der Waals surface area (Å²) in [4.78, 5) is 43.1. The van der Waals surface area contributed by atoms with Crippen LogP contribution in [-0.2, 0) is 38.4 Å². The average molecular weight is 466 g/mol. The molecular weight excluding hydrogens is 438 g/mol. The van der Waals surface area contributed by atoms with Crippen molar-refractivity contribution >= 4 is 17.9 Å². The van der Waals surface area contributed by atoms with E-state index in [1.54, 1.807) is 24.3 Å². The number of hydrogen-bond acceptors (Lipinski definition) is 9. The highest BCUT2D eigenvalue weighted by Crippen LogP contribution is 2.15. The molecule has 34 heavy (non-hydrogen) atoms. The molecule has 10 heteroatoms. The molecule has 0 aliphatic carbocycles. The van der Waals surface area contributed by atoms with Crippen molar-refractivity contribution in [3.63, 3.8) is 0 Å². The van der Waals surface area contributed by atoms with Gasteiger partial charge < -0.3 is 31.7 Å². The number of hydrogen-bond donors (Lipinski definition) is 4. The van der Waals surface area contributed by atoms with E-state index in [-0.39, 0.29) is 12.8 Å². The number of esters is 3. The van der Waals surface area contributed by atoms with Crippen LogP contribution in [-0.4, -0.2) is 46.0 Å². The predicted molar refractivity (Wildman–Crippen MR) is 123 cm³/mol. The van der Waals surface area contributed by atoms with Crippen LogP contribution in [0.4, 0.5) is 0 Å². The van der Waals surface area contributed by atoms with E-state index in [1.165, 1.54) is 12.5 Å². The van der Waals surface area contributed by atoms with Crippen molar-refractivity contribution in [3.8, 4) is 5.75 Å². The highest BCUT2D eigenvalue weighted by Gasteiger charge is 2.24. The lowest BCUT2D eigenvalue weighted by Gasteiger charge is -2.14. The number of nitrogens with two attached hydrogens (primary N) is 3. The number of carbonyl (C=O) groups excluding carboxylic acids is 3. The van der Waals surface area contributed by atoms with E-state index >= 15 is 0 Å². The second-order valence-corrected chi connectivity index (χ2v) is 7.80. The molecule has 1 aromatic heterocycles. The first kappa shape index (κ1) is 24.8. The highest BCUT2D eigenvalue weighted by atomic mass is 16.6.